The quantitative estimate of drug-likeness (QED) is 0.781. The van der Waals surface area contributed by atoms with E-state index in [-0.39, 0.29) is 17.7 Å². The number of amides is 1. The van der Waals surface area contributed by atoms with E-state index in [9.17, 15) is 13.2 Å². The fraction of sp³-hybridized carbons (Fsp3) is 0.350. The van der Waals surface area contributed by atoms with Crippen molar-refractivity contribution in [1.82, 2.24) is 5.32 Å². The van der Waals surface area contributed by atoms with Gasteiger partial charge in [0.1, 0.15) is 0 Å². The molecule has 0 bridgehead atoms. The molecule has 138 valence electrons. The minimum atomic E-state index is -3.40. The number of hydrogen-bond donors (Lipinski definition) is 2. The third-order valence-corrected chi connectivity index (χ3v) is 6.38. The maximum atomic E-state index is 12.5. The van der Waals surface area contributed by atoms with Crippen molar-refractivity contribution < 1.29 is 13.2 Å². The molecule has 1 saturated carbocycles. The molecule has 1 fully saturated rings. The molecule has 2 aromatic carbocycles. The Morgan fingerprint density at radius 1 is 1.12 bits per heavy atom. The Bertz CT molecular complexity index is 870. The molecule has 0 aliphatic heterocycles. The molecular formula is C20H24N2O3S. The minimum absolute atomic E-state index is 0.0119. The Labute approximate surface area is 154 Å². The molecule has 1 aliphatic rings. The Balaban J connectivity index is 1.61. The van der Waals surface area contributed by atoms with Crippen LogP contribution in [0.3, 0.4) is 0 Å². The van der Waals surface area contributed by atoms with Gasteiger partial charge in [0, 0.05) is 18.2 Å². The first kappa shape index (κ1) is 18.6. The van der Waals surface area contributed by atoms with Gasteiger partial charge in [-0.25, -0.2) is 8.42 Å². The zero-order valence-electron chi connectivity index (χ0n) is 14.8. The summed E-state index contributed by atoms with van der Waals surface area (Å²) in [5, 5.41) is 2.84. The van der Waals surface area contributed by atoms with Crippen molar-refractivity contribution in [2.45, 2.75) is 36.5 Å². The van der Waals surface area contributed by atoms with E-state index in [4.69, 9.17) is 5.73 Å². The number of aryl methyl sites for hydroxylation is 1. The van der Waals surface area contributed by atoms with E-state index in [1.807, 2.05) is 6.92 Å². The van der Waals surface area contributed by atoms with Crippen molar-refractivity contribution in [3.63, 3.8) is 0 Å². The van der Waals surface area contributed by atoms with Crippen LogP contribution in [0, 0.1) is 12.8 Å². The number of hydrogen-bond acceptors (Lipinski definition) is 4. The molecule has 3 rings (SSSR count). The number of rotatable bonds is 7. The normalized spacial score (nSPS) is 15.5. The van der Waals surface area contributed by atoms with Gasteiger partial charge in [0.2, 0.25) is 0 Å². The SMILES string of the molecule is Cc1ccc(S(=O)(=O)Cc2ccc(C(=O)NCC(N)C3CC3)cc2)cc1. The van der Waals surface area contributed by atoms with Gasteiger partial charge in [-0.05, 0) is 55.5 Å². The molecule has 0 aromatic heterocycles. The van der Waals surface area contributed by atoms with Crippen LogP contribution in [-0.2, 0) is 15.6 Å². The van der Waals surface area contributed by atoms with E-state index in [1.165, 1.54) is 0 Å². The zero-order chi connectivity index (χ0) is 18.7. The fourth-order valence-corrected chi connectivity index (χ4v) is 4.15. The zero-order valence-corrected chi connectivity index (χ0v) is 15.6. The maximum absolute atomic E-state index is 12.5. The van der Waals surface area contributed by atoms with Crippen LogP contribution in [0.25, 0.3) is 0 Å². The second-order valence-electron chi connectivity index (χ2n) is 6.98. The third kappa shape index (κ3) is 4.71. The topological polar surface area (TPSA) is 89.3 Å². The summed E-state index contributed by atoms with van der Waals surface area (Å²) in [5.41, 5.74) is 8.15. The summed E-state index contributed by atoms with van der Waals surface area (Å²) < 4.78 is 25.0. The van der Waals surface area contributed by atoms with Crippen molar-refractivity contribution in [1.29, 1.82) is 0 Å². The van der Waals surface area contributed by atoms with Gasteiger partial charge in [-0.15, -0.1) is 0 Å². The van der Waals surface area contributed by atoms with Crippen LogP contribution in [-0.4, -0.2) is 26.9 Å². The van der Waals surface area contributed by atoms with Gasteiger partial charge in [0.25, 0.3) is 5.91 Å². The molecule has 1 aliphatic carbocycles. The molecule has 26 heavy (non-hydrogen) atoms. The second kappa shape index (κ2) is 7.60. The van der Waals surface area contributed by atoms with Gasteiger partial charge in [-0.2, -0.15) is 0 Å². The van der Waals surface area contributed by atoms with E-state index in [0.29, 0.717) is 28.5 Å². The van der Waals surface area contributed by atoms with Gasteiger partial charge in [-0.1, -0.05) is 29.8 Å². The van der Waals surface area contributed by atoms with Crippen LogP contribution in [0.2, 0.25) is 0 Å². The van der Waals surface area contributed by atoms with Crippen LogP contribution < -0.4 is 11.1 Å². The highest BCUT2D eigenvalue weighted by atomic mass is 32.2. The molecule has 1 amide bonds. The molecule has 0 spiro atoms. The molecule has 6 heteroatoms. The van der Waals surface area contributed by atoms with Crippen LogP contribution in [0.4, 0.5) is 0 Å². The Hall–Kier alpha value is -2.18. The maximum Gasteiger partial charge on any atom is 0.251 e. The van der Waals surface area contributed by atoms with E-state index in [1.54, 1.807) is 48.5 Å². The first-order valence-corrected chi connectivity index (χ1v) is 10.4. The highest BCUT2D eigenvalue weighted by molar-refractivity contribution is 7.90. The summed E-state index contributed by atoms with van der Waals surface area (Å²) in [7, 11) is -3.40. The lowest BCUT2D eigenvalue weighted by Gasteiger charge is -2.12. The lowest BCUT2D eigenvalue weighted by molar-refractivity contribution is 0.0950. The Kier molecular flexibility index (Phi) is 5.44. The molecule has 5 nitrogen and oxygen atoms in total. The number of nitrogens with two attached hydrogens (primary N) is 1. The van der Waals surface area contributed by atoms with Gasteiger partial charge in [0.05, 0.1) is 10.6 Å². The minimum Gasteiger partial charge on any atom is -0.350 e. The standard InChI is InChI=1S/C20H24N2O3S/c1-14-2-10-18(11-3-14)26(24,25)13-15-4-6-17(7-5-15)20(23)22-12-19(21)16-8-9-16/h2-7,10-11,16,19H,8-9,12-13,21H2,1H3,(H,22,23). The Morgan fingerprint density at radius 2 is 1.73 bits per heavy atom. The molecule has 0 heterocycles. The summed E-state index contributed by atoms with van der Waals surface area (Å²) in [6.45, 7) is 2.38. The molecule has 1 atom stereocenters. The van der Waals surface area contributed by atoms with Gasteiger partial charge < -0.3 is 11.1 Å². The van der Waals surface area contributed by atoms with E-state index in [2.05, 4.69) is 5.32 Å². The summed E-state index contributed by atoms with van der Waals surface area (Å²) in [6, 6.07) is 13.5. The van der Waals surface area contributed by atoms with Crippen molar-refractivity contribution >= 4 is 15.7 Å². The smallest absolute Gasteiger partial charge is 0.251 e. The summed E-state index contributed by atoms with van der Waals surface area (Å²) in [6.07, 6.45) is 2.28. The molecule has 1 unspecified atom stereocenters. The van der Waals surface area contributed by atoms with Crippen LogP contribution in [0.5, 0.6) is 0 Å². The average molecular weight is 372 g/mol. The third-order valence-electron chi connectivity index (χ3n) is 4.68. The first-order chi connectivity index (χ1) is 12.3. The van der Waals surface area contributed by atoms with Crippen LogP contribution in [0.1, 0.15) is 34.3 Å². The lowest BCUT2D eigenvalue weighted by Crippen LogP contribution is -2.38. The monoisotopic (exact) mass is 372 g/mol. The summed E-state index contributed by atoms with van der Waals surface area (Å²) >= 11 is 0. The summed E-state index contributed by atoms with van der Waals surface area (Å²) in [4.78, 5) is 12.5. The largest absolute Gasteiger partial charge is 0.350 e. The van der Waals surface area contributed by atoms with Gasteiger partial charge in [0.15, 0.2) is 9.84 Å². The second-order valence-corrected chi connectivity index (χ2v) is 8.97. The van der Waals surface area contributed by atoms with Gasteiger partial charge in [-0.3, -0.25) is 4.79 Å². The van der Waals surface area contributed by atoms with E-state index < -0.39 is 9.84 Å². The van der Waals surface area contributed by atoms with Crippen molar-refractivity contribution in [2.24, 2.45) is 11.7 Å². The van der Waals surface area contributed by atoms with Crippen molar-refractivity contribution in [2.75, 3.05) is 6.54 Å². The number of carbonyl (C=O) groups excluding carboxylic acids is 1. The fourth-order valence-electron chi connectivity index (χ4n) is 2.80. The Morgan fingerprint density at radius 3 is 2.31 bits per heavy atom. The van der Waals surface area contributed by atoms with Gasteiger partial charge >= 0.3 is 0 Å². The van der Waals surface area contributed by atoms with Crippen LogP contribution in [0.15, 0.2) is 53.4 Å². The van der Waals surface area contributed by atoms with E-state index >= 15 is 0 Å². The molecular weight excluding hydrogens is 348 g/mol. The number of benzene rings is 2. The predicted octanol–water partition coefficient (Wildman–Crippen LogP) is 2.44. The predicted molar refractivity (Wildman–Crippen MR) is 102 cm³/mol. The lowest BCUT2D eigenvalue weighted by atomic mass is 10.1. The summed E-state index contributed by atoms with van der Waals surface area (Å²) in [5.74, 6) is 0.253. The number of sulfone groups is 1. The van der Waals surface area contributed by atoms with Crippen LogP contribution >= 0.6 is 0 Å². The molecule has 0 saturated heterocycles. The average Bonchev–Trinajstić information content (AvgIpc) is 3.45. The highest BCUT2D eigenvalue weighted by Crippen LogP contribution is 2.31. The molecule has 2 aromatic rings. The number of nitrogens with one attached hydrogen (secondary N) is 1. The molecule has 0 radical (unpaired) electrons. The first-order valence-electron chi connectivity index (χ1n) is 8.77. The van der Waals surface area contributed by atoms with Crippen molar-refractivity contribution in [3.05, 3.63) is 65.2 Å². The highest BCUT2D eigenvalue weighted by Gasteiger charge is 2.28. The van der Waals surface area contributed by atoms with E-state index in [0.717, 1.165) is 18.4 Å². The van der Waals surface area contributed by atoms with Crippen molar-refractivity contribution in [3.8, 4) is 0 Å². The molecule has 3 N–H and O–H groups in total. The number of carbonyl (C=O) groups is 1.